The zero-order chi connectivity index (χ0) is 12.5. The molecule has 0 saturated heterocycles. The summed E-state index contributed by atoms with van der Waals surface area (Å²) in [7, 11) is 0. The molecular weight excluding hydrogens is 220 g/mol. The van der Waals surface area contributed by atoms with Crippen LogP contribution in [0, 0.1) is 20.2 Å². The fourth-order valence-electron chi connectivity index (χ4n) is 1.04. The molecule has 1 aromatic carbocycles. The van der Waals surface area contributed by atoms with E-state index in [4.69, 9.17) is 11.5 Å². The highest BCUT2D eigenvalue weighted by Gasteiger charge is 2.26. The third-order valence-corrected chi connectivity index (χ3v) is 1.77. The van der Waals surface area contributed by atoms with Gasteiger partial charge in [-0.25, -0.2) is 0 Å². The van der Waals surface area contributed by atoms with Crippen LogP contribution < -0.4 is 11.5 Å². The quantitative estimate of drug-likeness (QED) is 0.586. The number of primary amides is 1. The minimum absolute atomic E-state index is 0.380. The lowest BCUT2D eigenvalue weighted by Crippen LogP contribution is -2.12. The first-order valence-electron chi connectivity index (χ1n) is 3.83. The van der Waals surface area contributed by atoms with Gasteiger partial charge in [-0.15, -0.1) is 0 Å². The second-order valence-electron chi connectivity index (χ2n) is 2.77. The van der Waals surface area contributed by atoms with Gasteiger partial charge in [-0.3, -0.25) is 30.8 Å². The fraction of sp³-hybridized carbons (Fsp3) is 0. The van der Waals surface area contributed by atoms with Gasteiger partial charge in [0, 0.05) is 12.1 Å². The summed E-state index contributed by atoms with van der Waals surface area (Å²) in [5, 5.41) is 21.0. The molecule has 9 heteroatoms. The second-order valence-corrected chi connectivity index (χ2v) is 2.77. The van der Waals surface area contributed by atoms with Crippen molar-refractivity contribution in [2.75, 3.05) is 0 Å². The zero-order valence-corrected chi connectivity index (χ0v) is 7.67. The molecule has 83 valence electrons. The molecule has 0 unspecified atom stereocenters. The maximum Gasteiger partial charge on any atom is 0.302 e. The van der Waals surface area contributed by atoms with E-state index >= 15 is 0 Å². The van der Waals surface area contributed by atoms with E-state index in [-0.39, 0.29) is 5.56 Å². The standard InChI is InChI=1S/C7H5N4O5/c8-6-4(10(13)14)1-3(7(9)12)2-5(6)11(15)16/h1-2,8H,(H2,9,12). The zero-order valence-electron chi connectivity index (χ0n) is 7.67. The topological polar surface area (TPSA) is 153 Å². The van der Waals surface area contributed by atoms with Gasteiger partial charge in [-0.05, 0) is 0 Å². The molecule has 1 radical (unpaired) electrons. The molecule has 0 bridgehead atoms. The summed E-state index contributed by atoms with van der Waals surface area (Å²) in [5.41, 5.74) is 9.16. The van der Waals surface area contributed by atoms with E-state index in [9.17, 15) is 25.0 Å². The molecule has 1 amide bonds. The Morgan fingerprint density at radius 1 is 1.19 bits per heavy atom. The number of nitro groups is 2. The smallest absolute Gasteiger partial charge is 0.302 e. The molecule has 1 aromatic rings. The van der Waals surface area contributed by atoms with Gasteiger partial charge in [0.2, 0.25) is 11.6 Å². The van der Waals surface area contributed by atoms with Crippen LogP contribution in [0.5, 0.6) is 0 Å². The minimum atomic E-state index is -1.04. The van der Waals surface area contributed by atoms with Crippen molar-refractivity contribution in [2.24, 2.45) is 5.73 Å². The average Bonchev–Trinajstić information content (AvgIpc) is 2.16. The number of nitrogens with zero attached hydrogens (tertiary/aromatic N) is 2. The van der Waals surface area contributed by atoms with E-state index in [1.807, 2.05) is 0 Å². The van der Waals surface area contributed by atoms with Gasteiger partial charge in [0.1, 0.15) is 0 Å². The Kier molecular flexibility index (Phi) is 2.70. The highest BCUT2D eigenvalue weighted by Crippen LogP contribution is 2.33. The second kappa shape index (κ2) is 3.81. The van der Waals surface area contributed by atoms with Gasteiger partial charge in [0.25, 0.3) is 0 Å². The molecular formula is C7H5N4O5. The van der Waals surface area contributed by atoms with Gasteiger partial charge in [-0.2, -0.15) is 0 Å². The lowest BCUT2D eigenvalue weighted by molar-refractivity contribution is -0.392. The minimum Gasteiger partial charge on any atom is -0.366 e. The van der Waals surface area contributed by atoms with Gasteiger partial charge in [0.05, 0.1) is 15.4 Å². The Bertz CT molecular complexity index is 463. The van der Waals surface area contributed by atoms with Crippen molar-refractivity contribution in [3.05, 3.63) is 37.9 Å². The molecule has 3 N–H and O–H groups in total. The van der Waals surface area contributed by atoms with Crippen LogP contribution in [0.15, 0.2) is 12.1 Å². The van der Waals surface area contributed by atoms with Crippen LogP contribution in [0.4, 0.5) is 17.1 Å². The first-order valence-corrected chi connectivity index (χ1v) is 3.83. The number of amides is 1. The Hall–Kier alpha value is -2.71. The van der Waals surface area contributed by atoms with Crippen LogP contribution in [0.2, 0.25) is 0 Å². The van der Waals surface area contributed by atoms with Gasteiger partial charge in [-0.1, -0.05) is 0 Å². The number of hydrogen-bond donors (Lipinski definition) is 1. The van der Waals surface area contributed by atoms with Crippen molar-refractivity contribution >= 4 is 23.0 Å². The van der Waals surface area contributed by atoms with E-state index in [2.05, 4.69) is 0 Å². The molecule has 0 aromatic heterocycles. The lowest BCUT2D eigenvalue weighted by Gasteiger charge is -2.00. The SMILES string of the molecule is [NH]c1c([N+](=O)[O-])cc(C(N)=O)cc1[N+](=O)[O-]. The average molecular weight is 225 g/mol. The number of benzene rings is 1. The van der Waals surface area contributed by atoms with Crippen LogP contribution in [0.1, 0.15) is 10.4 Å². The molecule has 1 rings (SSSR count). The van der Waals surface area contributed by atoms with Gasteiger partial charge in [0.15, 0.2) is 0 Å². The van der Waals surface area contributed by atoms with Crippen LogP contribution in [0.25, 0.3) is 0 Å². The van der Waals surface area contributed by atoms with E-state index in [0.717, 1.165) is 12.1 Å². The van der Waals surface area contributed by atoms with Crippen molar-refractivity contribution in [2.45, 2.75) is 0 Å². The summed E-state index contributed by atoms with van der Waals surface area (Å²) in [6.07, 6.45) is 0. The Morgan fingerprint density at radius 3 is 1.81 bits per heavy atom. The maximum absolute atomic E-state index is 10.8. The third-order valence-electron chi connectivity index (χ3n) is 1.77. The number of nitrogens with one attached hydrogen (secondary N) is 1. The summed E-state index contributed by atoms with van der Waals surface area (Å²) in [5.74, 6) is -1.04. The Morgan fingerprint density at radius 2 is 1.56 bits per heavy atom. The van der Waals surface area contributed by atoms with Crippen LogP contribution in [-0.2, 0) is 0 Å². The first kappa shape index (κ1) is 11.4. The maximum atomic E-state index is 10.8. The largest absolute Gasteiger partial charge is 0.366 e. The molecule has 0 spiro atoms. The molecule has 16 heavy (non-hydrogen) atoms. The number of carbonyl (C=O) groups excluding carboxylic acids is 1. The first-order chi connectivity index (χ1) is 7.34. The molecule has 9 nitrogen and oxygen atoms in total. The molecule has 0 heterocycles. The van der Waals surface area contributed by atoms with Gasteiger partial charge < -0.3 is 5.73 Å². The van der Waals surface area contributed by atoms with E-state index in [1.54, 1.807) is 0 Å². The summed E-state index contributed by atoms with van der Waals surface area (Å²) in [6, 6.07) is 1.47. The summed E-state index contributed by atoms with van der Waals surface area (Å²) < 4.78 is 0. The number of hydrogen-bond acceptors (Lipinski definition) is 5. The van der Waals surface area contributed by atoms with Crippen molar-refractivity contribution in [1.82, 2.24) is 5.73 Å². The number of nitro benzene ring substituents is 2. The lowest BCUT2D eigenvalue weighted by atomic mass is 10.1. The van der Waals surface area contributed by atoms with Crippen molar-refractivity contribution in [3.63, 3.8) is 0 Å². The summed E-state index contributed by atoms with van der Waals surface area (Å²) >= 11 is 0. The number of rotatable bonds is 3. The van der Waals surface area contributed by atoms with Crippen molar-refractivity contribution in [3.8, 4) is 0 Å². The van der Waals surface area contributed by atoms with E-state index < -0.39 is 32.8 Å². The molecule has 0 saturated carbocycles. The Balaban J connectivity index is 3.57. The number of carbonyl (C=O) groups is 1. The highest BCUT2D eigenvalue weighted by atomic mass is 16.6. The van der Waals surface area contributed by atoms with Crippen LogP contribution >= 0.6 is 0 Å². The molecule has 0 aliphatic rings. The molecule has 0 fully saturated rings. The van der Waals surface area contributed by atoms with Crippen molar-refractivity contribution < 1.29 is 14.6 Å². The predicted molar refractivity (Wildman–Crippen MR) is 51.0 cm³/mol. The monoisotopic (exact) mass is 225 g/mol. The normalized spacial score (nSPS) is 9.75. The van der Waals surface area contributed by atoms with E-state index in [1.165, 1.54) is 0 Å². The van der Waals surface area contributed by atoms with Crippen LogP contribution in [0.3, 0.4) is 0 Å². The number of nitrogens with two attached hydrogens (primary N) is 1. The summed E-state index contributed by atoms with van der Waals surface area (Å²) in [6.45, 7) is 0. The van der Waals surface area contributed by atoms with Gasteiger partial charge >= 0.3 is 11.4 Å². The van der Waals surface area contributed by atoms with Crippen LogP contribution in [-0.4, -0.2) is 15.8 Å². The molecule has 0 aliphatic heterocycles. The fourth-order valence-corrected chi connectivity index (χ4v) is 1.04. The third kappa shape index (κ3) is 1.87. The van der Waals surface area contributed by atoms with Crippen molar-refractivity contribution in [1.29, 1.82) is 0 Å². The molecule has 0 atom stereocenters. The Labute approximate surface area is 87.9 Å². The predicted octanol–water partition coefficient (Wildman–Crippen LogP) is 0.516. The summed E-state index contributed by atoms with van der Waals surface area (Å²) in [4.78, 5) is 29.8. The van der Waals surface area contributed by atoms with E-state index in [0.29, 0.717) is 0 Å². The highest BCUT2D eigenvalue weighted by molar-refractivity contribution is 5.95. The molecule has 0 aliphatic carbocycles.